The van der Waals surface area contributed by atoms with Crippen LogP contribution in [0.2, 0.25) is 0 Å². The van der Waals surface area contributed by atoms with E-state index in [1.807, 2.05) is 0 Å². The number of aromatic amines is 1. The molecule has 5 nitrogen and oxygen atoms in total. The van der Waals surface area contributed by atoms with Gasteiger partial charge in [0.15, 0.2) is 0 Å². The fourth-order valence-corrected chi connectivity index (χ4v) is 1.62. The monoisotopic (exact) mass is 250 g/mol. The van der Waals surface area contributed by atoms with E-state index in [2.05, 4.69) is 4.98 Å². The van der Waals surface area contributed by atoms with E-state index in [1.54, 1.807) is 12.1 Å². The van der Waals surface area contributed by atoms with Crippen molar-refractivity contribution >= 4 is 0 Å². The Morgan fingerprint density at radius 2 is 1.89 bits per heavy atom. The molecule has 0 aliphatic heterocycles. The molecule has 0 saturated carbocycles. The summed E-state index contributed by atoms with van der Waals surface area (Å²) in [6, 6.07) is 6.79. The summed E-state index contributed by atoms with van der Waals surface area (Å²) in [5.74, 6) is -0.714. The minimum atomic E-state index is -0.665. The molecule has 2 aromatic rings. The molecule has 18 heavy (non-hydrogen) atoms. The number of aromatic hydroxyl groups is 1. The number of aromatic nitrogens is 2. The van der Waals surface area contributed by atoms with Crippen molar-refractivity contribution in [2.24, 2.45) is 0 Å². The van der Waals surface area contributed by atoms with Crippen molar-refractivity contribution < 1.29 is 9.50 Å². The van der Waals surface area contributed by atoms with E-state index in [9.17, 15) is 19.1 Å². The first-order chi connectivity index (χ1) is 8.56. The van der Waals surface area contributed by atoms with Gasteiger partial charge >= 0.3 is 5.69 Å². The van der Waals surface area contributed by atoms with Gasteiger partial charge in [0.25, 0.3) is 5.56 Å². The summed E-state index contributed by atoms with van der Waals surface area (Å²) in [4.78, 5) is 24.4. The molecule has 1 aromatic heterocycles. The fourth-order valence-electron chi connectivity index (χ4n) is 1.62. The van der Waals surface area contributed by atoms with E-state index in [-0.39, 0.29) is 18.2 Å². The molecule has 0 spiro atoms. The van der Waals surface area contributed by atoms with Crippen molar-refractivity contribution in [3.05, 3.63) is 62.6 Å². The summed E-state index contributed by atoms with van der Waals surface area (Å²) < 4.78 is 13.7. The highest BCUT2D eigenvalue weighted by Crippen LogP contribution is 2.06. The molecule has 0 radical (unpaired) electrons. The Balaban J connectivity index is 2.18. The Hall–Kier alpha value is -2.37. The molecule has 2 rings (SSSR count). The van der Waals surface area contributed by atoms with Gasteiger partial charge in [-0.25, -0.2) is 9.18 Å². The van der Waals surface area contributed by atoms with Crippen LogP contribution in [0.25, 0.3) is 0 Å². The van der Waals surface area contributed by atoms with Crippen LogP contribution in [0.5, 0.6) is 5.88 Å². The lowest BCUT2D eigenvalue weighted by Gasteiger charge is -2.07. The van der Waals surface area contributed by atoms with Crippen molar-refractivity contribution in [2.45, 2.75) is 13.0 Å². The van der Waals surface area contributed by atoms with Gasteiger partial charge < -0.3 is 5.11 Å². The third-order valence-corrected chi connectivity index (χ3v) is 2.55. The molecule has 0 aliphatic rings. The van der Waals surface area contributed by atoms with E-state index in [4.69, 9.17) is 0 Å². The molecule has 6 heteroatoms. The highest BCUT2D eigenvalue weighted by atomic mass is 19.1. The van der Waals surface area contributed by atoms with Crippen LogP contribution in [-0.2, 0) is 13.0 Å². The molecule has 1 heterocycles. The Bertz CT molecular complexity index is 658. The van der Waals surface area contributed by atoms with Gasteiger partial charge in [-0.3, -0.25) is 14.3 Å². The van der Waals surface area contributed by atoms with Gasteiger partial charge in [0.2, 0.25) is 5.88 Å². The van der Waals surface area contributed by atoms with Crippen LogP contribution < -0.4 is 11.2 Å². The number of nitrogens with zero attached hydrogens (tertiary/aromatic N) is 1. The van der Waals surface area contributed by atoms with Gasteiger partial charge in [-0.2, -0.15) is 0 Å². The van der Waals surface area contributed by atoms with Gasteiger partial charge in [-0.05, 0) is 24.1 Å². The van der Waals surface area contributed by atoms with Gasteiger partial charge in [-0.1, -0.05) is 12.1 Å². The van der Waals surface area contributed by atoms with Crippen LogP contribution in [0.4, 0.5) is 4.39 Å². The number of rotatable bonds is 3. The molecular weight excluding hydrogens is 239 g/mol. The molecule has 2 N–H and O–H groups in total. The summed E-state index contributed by atoms with van der Waals surface area (Å²) in [6.07, 6.45) is 0.444. The zero-order chi connectivity index (χ0) is 13.1. The lowest BCUT2D eigenvalue weighted by Crippen LogP contribution is -2.29. The second kappa shape index (κ2) is 4.87. The number of hydrogen-bond donors (Lipinski definition) is 2. The highest BCUT2D eigenvalue weighted by Gasteiger charge is 2.04. The average molecular weight is 250 g/mol. The van der Waals surface area contributed by atoms with Crippen LogP contribution in [-0.4, -0.2) is 14.7 Å². The molecule has 0 saturated heterocycles. The van der Waals surface area contributed by atoms with Gasteiger partial charge in [-0.15, -0.1) is 0 Å². The zero-order valence-corrected chi connectivity index (χ0v) is 9.39. The third kappa shape index (κ3) is 2.65. The van der Waals surface area contributed by atoms with E-state index in [0.29, 0.717) is 6.42 Å². The normalized spacial score (nSPS) is 10.5. The smallest absolute Gasteiger partial charge is 0.331 e. The molecule has 0 amide bonds. The molecule has 0 bridgehead atoms. The van der Waals surface area contributed by atoms with Crippen LogP contribution in [0.1, 0.15) is 5.56 Å². The van der Waals surface area contributed by atoms with Gasteiger partial charge in [0.1, 0.15) is 5.82 Å². The SMILES string of the molecule is O=c1cc(O)n(CCc2ccc(F)cc2)c(=O)[nH]1. The third-order valence-electron chi connectivity index (χ3n) is 2.55. The second-order valence-corrected chi connectivity index (χ2v) is 3.83. The largest absolute Gasteiger partial charge is 0.494 e. The Kier molecular flexibility index (Phi) is 3.27. The topological polar surface area (TPSA) is 75.1 Å². The Morgan fingerprint density at radius 3 is 2.50 bits per heavy atom. The minimum absolute atomic E-state index is 0.201. The predicted molar refractivity (Wildman–Crippen MR) is 63.1 cm³/mol. The molecule has 1 aromatic carbocycles. The molecular formula is C12H11FN2O3. The van der Waals surface area contributed by atoms with E-state index >= 15 is 0 Å². The van der Waals surface area contributed by atoms with E-state index in [1.165, 1.54) is 12.1 Å². The highest BCUT2D eigenvalue weighted by molar-refractivity contribution is 5.16. The Morgan fingerprint density at radius 1 is 1.22 bits per heavy atom. The van der Waals surface area contributed by atoms with Crippen molar-refractivity contribution in [3.8, 4) is 5.88 Å². The number of benzene rings is 1. The molecule has 0 atom stereocenters. The van der Waals surface area contributed by atoms with Crippen LogP contribution in [0.3, 0.4) is 0 Å². The van der Waals surface area contributed by atoms with Crippen molar-refractivity contribution in [3.63, 3.8) is 0 Å². The number of halogens is 1. The first kappa shape index (κ1) is 12.1. The quantitative estimate of drug-likeness (QED) is 0.838. The maximum atomic E-state index is 12.7. The number of nitrogens with one attached hydrogen (secondary N) is 1. The molecule has 94 valence electrons. The Labute approximate surface area is 101 Å². The first-order valence-electron chi connectivity index (χ1n) is 5.34. The summed E-state index contributed by atoms with van der Waals surface area (Å²) in [7, 11) is 0. The van der Waals surface area contributed by atoms with E-state index in [0.717, 1.165) is 16.2 Å². The summed E-state index contributed by atoms with van der Waals surface area (Å²) >= 11 is 0. The second-order valence-electron chi connectivity index (χ2n) is 3.83. The van der Waals surface area contributed by atoms with E-state index < -0.39 is 11.2 Å². The van der Waals surface area contributed by atoms with Crippen LogP contribution in [0.15, 0.2) is 39.9 Å². The maximum absolute atomic E-state index is 12.7. The maximum Gasteiger partial charge on any atom is 0.331 e. The van der Waals surface area contributed by atoms with Crippen molar-refractivity contribution in [2.75, 3.05) is 0 Å². The summed E-state index contributed by atoms with van der Waals surface area (Å²) in [5, 5.41) is 9.48. The number of hydrogen-bond acceptors (Lipinski definition) is 3. The lowest BCUT2D eigenvalue weighted by molar-refractivity contribution is 0.400. The molecule has 0 aliphatic carbocycles. The standard InChI is InChI=1S/C12H11FN2O3/c13-9-3-1-8(2-4-9)5-6-15-11(17)7-10(16)14-12(15)18/h1-4,7,17H,5-6H2,(H,14,16,18). The van der Waals surface area contributed by atoms with Crippen LogP contribution in [0, 0.1) is 5.82 Å². The fraction of sp³-hybridized carbons (Fsp3) is 0.167. The summed E-state index contributed by atoms with van der Waals surface area (Å²) in [6.45, 7) is 0.201. The van der Waals surface area contributed by atoms with Crippen molar-refractivity contribution in [1.82, 2.24) is 9.55 Å². The number of H-pyrrole nitrogens is 1. The molecule has 0 fully saturated rings. The lowest BCUT2D eigenvalue weighted by atomic mass is 10.1. The first-order valence-corrected chi connectivity index (χ1v) is 5.34. The zero-order valence-electron chi connectivity index (χ0n) is 9.39. The summed E-state index contributed by atoms with van der Waals surface area (Å²) in [5.41, 5.74) is -0.480. The van der Waals surface area contributed by atoms with Gasteiger partial charge in [0.05, 0.1) is 6.07 Å². The molecule has 0 unspecified atom stereocenters. The average Bonchev–Trinajstić information content (AvgIpc) is 2.30. The van der Waals surface area contributed by atoms with Gasteiger partial charge in [0, 0.05) is 6.54 Å². The minimum Gasteiger partial charge on any atom is -0.494 e. The van der Waals surface area contributed by atoms with Crippen LogP contribution >= 0.6 is 0 Å². The van der Waals surface area contributed by atoms with Crippen molar-refractivity contribution in [1.29, 1.82) is 0 Å². The predicted octanol–water partition coefficient (Wildman–Crippen LogP) is 0.624. The number of aryl methyl sites for hydroxylation is 1.